The highest BCUT2D eigenvalue weighted by molar-refractivity contribution is 7.07. The fraction of sp³-hybridized carbons (Fsp3) is 0.368. The maximum Gasteiger partial charge on any atom is 0.241 e. The highest BCUT2D eigenvalue weighted by atomic mass is 32.1. The van der Waals surface area contributed by atoms with Gasteiger partial charge in [-0.25, -0.2) is 0 Å². The maximum absolute atomic E-state index is 12.5. The topological polar surface area (TPSA) is 59.4 Å². The van der Waals surface area contributed by atoms with Crippen molar-refractivity contribution in [2.45, 2.75) is 19.5 Å². The minimum atomic E-state index is -0.186. The number of nitriles is 1. The zero-order chi connectivity index (χ0) is 17.6. The van der Waals surface area contributed by atoms with Crippen LogP contribution in [0.2, 0.25) is 0 Å². The summed E-state index contributed by atoms with van der Waals surface area (Å²) in [5.74, 6) is -0.0265. The molecule has 1 aliphatic heterocycles. The summed E-state index contributed by atoms with van der Waals surface area (Å²) in [6.45, 7) is 6.64. The molecule has 0 radical (unpaired) electrons. The first-order valence-electron chi connectivity index (χ1n) is 8.44. The van der Waals surface area contributed by atoms with Crippen molar-refractivity contribution in [3.63, 3.8) is 0 Å². The minimum Gasteiger partial charge on any atom is -0.325 e. The number of hydrogen-bond acceptors (Lipinski definition) is 5. The Morgan fingerprint density at radius 2 is 2.12 bits per heavy atom. The second-order valence-corrected chi connectivity index (χ2v) is 7.08. The molecule has 1 aromatic carbocycles. The van der Waals surface area contributed by atoms with Crippen LogP contribution in [0.25, 0.3) is 0 Å². The Labute approximate surface area is 152 Å². The third-order valence-electron chi connectivity index (χ3n) is 4.58. The van der Waals surface area contributed by atoms with E-state index in [9.17, 15) is 4.79 Å². The first-order valence-corrected chi connectivity index (χ1v) is 9.38. The lowest BCUT2D eigenvalue weighted by atomic mass is 10.2. The third-order valence-corrected chi connectivity index (χ3v) is 5.31. The van der Waals surface area contributed by atoms with Gasteiger partial charge in [0, 0.05) is 38.4 Å². The number of hydrogen-bond donors (Lipinski definition) is 1. The summed E-state index contributed by atoms with van der Waals surface area (Å²) < 4.78 is 0. The van der Waals surface area contributed by atoms with Gasteiger partial charge >= 0.3 is 0 Å². The Kier molecular flexibility index (Phi) is 5.82. The molecule has 3 rings (SSSR count). The standard InChI is InChI=1S/C19H22N4OS/c1-15(19(24)21-18-4-2-3-16(11-18)12-20)23-8-6-22(7-9-23)13-17-5-10-25-14-17/h2-5,10-11,14-15H,6-9,13H2,1H3,(H,21,24)/t15-/m1/s1. The molecule has 5 nitrogen and oxygen atoms in total. The zero-order valence-corrected chi connectivity index (χ0v) is 15.1. The Balaban J connectivity index is 1.50. The lowest BCUT2D eigenvalue weighted by Crippen LogP contribution is -2.52. The summed E-state index contributed by atoms with van der Waals surface area (Å²) in [5.41, 5.74) is 2.58. The monoisotopic (exact) mass is 354 g/mol. The molecule has 130 valence electrons. The quantitative estimate of drug-likeness (QED) is 0.897. The van der Waals surface area contributed by atoms with E-state index in [0.29, 0.717) is 11.3 Å². The lowest BCUT2D eigenvalue weighted by Gasteiger charge is -2.37. The smallest absolute Gasteiger partial charge is 0.241 e. The molecule has 0 bridgehead atoms. The summed E-state index contributed by atoms with van der Waals surface area (Å²) in [5, 5.41) is 16.2. The van der Waals surface area contributed by atoms with E-state index in [1.54, 1.807) is 29.5 Å². The molecule has 25 heavy (non-hydrogen) atoms. The molecular formula is C19H22N4OS. The predicted octanol–water partition coefficient (Wildman–Crippen LogP) is 2.76. The zero-order valence-electron chi connectivity index (χ0n) is 14.3. The normalized spacial score (nSPS) is 17.0. The average molecular weight is 354 g/mol. The molecule has 2 heterocycles. The fourth-order valence-corrected chi connectivity index (χ4v) is 3.69. The fourth-order valence-electron chi connectivity index (χ4n) is 3.03. The van der Waals surface area contributed by atoms with Crippen molar-refractivity contribution in [3.8, 4) is 6.07 Å². The number of rotatable bonds is 5. The van der Waals surface area contributed by atoms with Gasteiger partial charge in [-0.3, -0.25) is 14.6 Å². The van der Waals surface area contributed by atoms with E-state index in [4.69, 9.17) is 5.26 Å². The van der Waals surface area contributed by atoms with Crippen LogP contribution in [0.1, 0.15) is 18.1 Å². The molecule has 1 aromatic heterocycles. The summed E-state index contributed by atoms with van der Waals surface area (Å²) in [4.78, 5) is 17.1. The molecule has 1 atom stereocenters. The van der Waals surface area contributed by atoms with E-state index in [2.05, 4.69) is 38.0 Å². The number of thiophene rings is 1. The summed E-state index contributed by atoms with van der Waals surface area (Å²) in [6, 6.07) is 11.1. The van der Waals surface area contributed by atoms with Crippen LogP contribution in [-0.2, 0) is 11.3 Å². The molecule has 0 unspecified atom stereocenters. The third kappa shape index (κ3) is 4.67. The van der Waals surface area contributed by atoms with Crippen molar-refractivity contribution >= 4 is 22.9 Å². The van der Waals surface area contributed by atoms with Crippen LogP contribution in [-0.4, -0.2) is 47.9 Å². The van der Waals surface area contributed by atoms with Crippen LogP contribution in [0.15, 0.2) is 41.1 Å². The van der Waals surface area contributed by atoms with Gasteiger partial charge in [0.25, 0.3) is 0 Å². The molecule has 0 spiro atoms. The predicted molar refractivity (Wildman–Crippen MR) is 100 cm³/mol. The average Bonchev–Trinajstić information content (AvgIpc) is 3.15. The minimum absolute atomic E-state index is 0.0265. The number of amides is 1. The first-order chi connectivity index (χ1) is 12.2. The lowest BCUT2D eigenvalue weighted by molar-refractivity contribution is -0.121. The highest BCUT2D eigenvalue weighted by Crippen LogP contribution is 2.15. The molecule has 6 heteroatoms. The van der Waals surface area contributed by atoms with Gasteiger partial charge in [0.2, 0.25) is 5.91 Å². The van der Waals surface area contributed by atoms with Gasteiger partial charge in [0.05, 0.1) is 17.7 Å². The second-order valence-electron chi connectivity index (χ2n) is 6.30. The first kappa shape index (κ1) is 17.6. The summed E-state index contributed by atoms with van der Waals surface area (Å²) in [7, 11) is 0. The van der Waals surface area contributed by atoms with Crippen LogP contribution >= 0.6 is 11.3 Å². The van der Waals surface area contributed by atoms with Gasteiger partial charge in [0.15, 0.2) is 0 Å². The van der Waals surface area contributed by atoms with Gasteiger partial charge in [0.1, 0.15) is 0 Å². The van der Waals surface area contributed by atoms with Gasteiger partial charge in [-0.2, -0.15) is 16.6 Å². The molecule has 1 saturated heterocycles. The van der Waals surface area contributed by atoms with Crippen LogP contribution in [0.4, 0.5) is 5.69 Å². The number of piperazine rings is 1. The number of anilines is 1. The Bertz CT molecular complexity index is 745. The van der Waals surface area contributed by atoms with Crippen LogP contribution in [0.5, 0.6) is 0 Å². The van der Waals surface area contributed by atoms with Crippen molar-refractivity contribution in [1.29, 1.82) is 5.26 Å². The number of carbonyl (C=O) groups is 1. The van der Waals surface area contributed by atoms with E-state index in [-0.39, 0.29) is 11.9 Å². The molecule has 2 aromatic rings. The Morgan fingerprint density at radius 3 is 2.80 bits per heavy atom. The van der Waals surface area contributed by atoms with Crippen molar-refractivity contribution in [1.82, 2.24) is 9.80 Å². The molecule has 1 amide bonds. The van der Waals surface area contributed by atoms with Gasteiger partial charge in [-0.1, -0.05) is 6.07 Å². The van der Waals surface area contributed by atoms with Crippen LogP contribution in [0.3, 0.4) is 0 Å². The SMILES string of the molecule is C[C@H](C(=O)Nc1cccc(C#N)c1)N1CCN(Cc2ccsc2)CC1. The number of benzene rings is 1. The number of nitrogens with zero attached hydrogens (tertiary/aromatic N) is 3. The van der Waals surface area contributed by atoms with Crippen molar-refractivity contribution in [3.05, 3.63) is 52.2 Å². The molecule has 1 N–H and O–H groups in total. The van der Waals surface area contributed by atoms with Gasteiger partial charge in [-0.05, 0) is 47.5 Å². The van der Waals surface area contributed by atoms with E-state index < -0.39 is 0 Å². The largest absolute Gasteiger partial charge is 0.325 e. The van der Waals surface area contributed by atoms with Gasteiger partial charge < -0.3 is 5.32 Å². The molecule has 0 aliphatic carbocycles. The van der Waals surface area contributed by atoms with Crippen molar-refractivity contribution in [2.24, 2.45) is 0 Å². The number of carbonyl (C=O) groups excluding carboxylic acids is 1. The molecule has 0 saturated carbocycles. The van der Waals surface area contributed by atoms with Crippen molar-refractivity contribution in [2.75, 3.05) is 31.5 Å². The van der Waals surface area contributed by atoms with E-state index in [1.165, 1.54) is 5.56 Å². The van der Waals surface area contributed by atoms with E-state index in [1.807, 2.05) is 13.0 Å². The van der Waals surface area contributed by atoms with Crippen LogP contribution in [0, 0.1) is 11.3 Å². The maximum atomic E-state index is 12.5. The summed E-state index contributed by atoms with van der Waals surface area (Å²) >= 11 is 1.73. The van der Waals surface area contributed by atoms with Gasteiger partial charge in [-0.15, -0.1) is 0 Å². The summed E-state index contributed by atoms with van der Waals surface area (Å²) in [6.07, 6.45) is 0. The number of nitrogens with one attached hydrogen (secondary N) is 1. The van der Waals surface area contributed by atoms with Crippen molar-refractivity contribution < 1.29 is 4.79 Å². The second kappa shape index (κ2) is 8.26. The Hall–Kier alpha value is -2.20. The highest BCUT2D eigenvalue weighted by Gasteiger charge is 2.25. The Morgan fingerprint density at radius 1 is 1.32 bits per heavy atom. The van der Waals surface area contributed by atoms with E-state index >= 15 is 0 Å². The molecule has 1 aliphatic rings. The van der Waals surface area contributed by atoms with Crippen LogP contribution < -0.4 is 5.32 Å². The molecular weight excluding hydrogens is 332 g/mol. The molecule has 1 fully saturated rings. The van der Waals surface area contributed by atoms with E-state index in [0.717, 1.165) is 32.7 Å².